The van der Waals surface area contributed by atoms with Crippen LogP contribution in [0.25, 0.3) is 11.6 Å². The molecule has 2 heterocycles. The van der Waals surface area contributed by atoms with Crippen molar-refractivity contribution in [2.24, 2.45) is 0 Å². The molecule has 126 valence electrons. The molecule has 0 aliphatic carbocycles. The number of nitro groups is 2. The number of anilines is 1. The van der Waals surface area contributed by atoms with Gasteiger partial charge in [0.25, 0.3) is 5.69 Å². The van der Waals surface area contributed by atoms with Crippen molar-refractivity contribution in [1.82, 2.24) is 4.98 Å². The maximum absolute atomic E-state index is 11.3. The quantitative estimate of drug-likeness (QED) is 0.620. The number of hydrogen-bond donors (Lipinski definition) is 0. The van der Waals surface area contributed by atoms with Crippen LogP contribution in [0.1, 0.15) is 18.2 Å². The van der Waals surface area contributed by atoms with E-state index in [-0.39, 0.29) is 5.69 Å². The Morgan fingerprint density at radius 1 is 1.20 bits per heavy atom. The fourth-order valence-electron chi connectivity index (χ4n) is 2.67. The minimum Gasteiger partial charge on any atom is -0.348 e. The molecule has 0 saturated carbocycles. The highest BCUT2D eigenvalue weighted by molar-refractivity contribution is 5.95. The topological polar surface area (TPSA) is 102 Å². The highest BCUT2D eigenvalue weighted by Gasteiger charge is 2.21. The third-order valence-electron chi connectivity index (χ3n) is 3.88. The van der Waals surface area contributed by atoms with Crippen LogP contribution in [0.5, 0.6) is 0 Å². The van der Waals surface area contributed by atoms with Crippen molar-refractivity contribution in [3.63, 3.8) is 0 Å². The molecule has 0 spiro atoms. The average molecular weight is 338 g/mol. The maximum atomic E-state index is 11.3. The lowest BCUT2D eigenvalue weighted by atomic mass is 9.98. The Bertz CT molecular complexity index is 921. The van der Waals surface area contributed by atoms with Crippen molar-refractivity contribution >= 4 is 28.7 Å². The molecule has 1 aromatic heterocycles. The first kappa shape index (κ1) is 16.3. The lowest BCUT2D eigenvalue weighted by molar-refractivity contribution is -0.394. The summed E-state index contributed by atoms with van der Waals surface area (Å²) in [6.07, 6.45) is 6.34. The number of aromatic nitrogens is 1. The molecule has 0 radical (unpaired) electrons. The van der Waals surface area contributed by atoms with Crippen LogP contribution in [0, 0.1) is 20.2 Å². The van der Waals surface area contributed by atoms with Crippen molar-refractivity contribution in [3.8, 4) is 0 Å². The van der Waals surface area contributed by atoms with Gasteiger partial charge in [-0.2, -0.15) is 0 Å². The van der Waals surface area contributed by atoms with Gasteiger partial charge in [0, 0.05) is 24.0 Å². The lowest BCUT2D eigenvalue weighted by Gasteiger charge is -2.26. The smallest absolute Gasteiger partial charge is 0.301 e. The minimum atomic E-state index is -0.703. The molecule has 2 aromatic rings. The number of fused-ring (bicyclic) bond motifs is 1. The molecule has 8 heteroatoms. The van der Waals surface area contributed by atoms with Crippen molar-refractivity contribution in [3.05, 3.63) is 80.3 Å². The van der Waals surface area contributed by atoms with Crippen LogP contribution in [0.2, 0.25) is 0 Å². The van der Waals surface area contributed by atoms with E-state index in [4.69, 9.17) is 0 Å². The molecule has 3 rings (SSSR count). The number of hydrogen-bond acceptors (Lipinski definition) is 6. The summed E-state index contributed by atoms with van der Waals surface area (Å²) in [6, 6.07) is 8.62. The van der Waals surface area contributed by atoms with Gasteiger partial charge in [0.15, 0.2) is 0 Å². The molecule has 0 saturated heterocycles. The molecule has 1 aliphatic rings. The second kappa shape index (κ2) is 6.52. The number of nitrogens with zero attached hydrogens (tertiary/aromatic N) is 4. The lowest BCUT2D eigenvalue weighted by Crippen LogP contribution is -2.18. The van der Waals surface area contributed by atoms with Gasteiger partial charge in [0.2, 0.25) is 0 Å². The second-order valence-electron chi connectivity index (χ2n) is 5.33. The Morgan fingerprint density at radius 2 is 1.96 bits per heavy atom. The SMILES string of the molecule is CCN1C=CC(=Cc2ncc([N+](=O)[O-])cc2[N+](=O)[O-])c2ccccc21. The molecule has 0 fully saturated rings. The van der Waals surface area contributed by atoms with Crippen LogP contribution in [0.3, 0.4) is 0 Å². The van der Waals surface area contributed by atoms with Gasteiger partial charge >= 0.3 is 5.69 Å². The van der Waals surface area contributed by atoms with Crippen LogP contribution in [0.4, 0.5) is 17.1 Å². The van der Waals surface area contributed by atoms with E-state index in [1.807, 2.05) is 43.5 Å². The standard InChI is InChI=1S/C17H14N4O4/c1-2-19-8-7-12(14-5-3-4-6-16(14)19)9-15-17(21(24)25)10-13(11-18-15)20(22)23/h3-11H,2H2,1H3. The summed E-state index contributed by atoms with van der Waals surface area (Å²) in [5.74, 6) is 0. The Balaban J connectivity index is 2.13. The first-order valence-corrected chi connectivity index (χ1v) is 7.56. The van der Waals surface area contributed by atoms with Crippen molar-refractivity contribution in [2.75, 3.05) is 11.4 Å². The van der Waals surface area contributed by atoms with E-state index >= 15 is 0 Å². The largest absolute Gasteiger partial charge is 0.348 e. The summed E-state index contributed by atoms with van der Waals surface area (Å²) in [5, 5.41) is 22.1. The van der Waals surface area contributed by atoms with Gasteiger partial charge in [-0.3, -0.25) is 20.2 Å². The summed E-state index contributed by atoms with van der Waals surface area (Å²) in [4.78, 5) is 26.7. The summed E-state index contributed by atoms with van der Waals surface area (Å²) in [5.41, 5.74) is 1.93. The third kappa shape index (κ3) is 3.09. The number of pyridine rings is 1. The molecule has 1 aliphatic heterocycles. The average Bonchev–Trinajstić information content (AvgIpc) is 2.62. The fraction of sp³-hybridized carbons (Fsp3) is 0.118. The molecular weight excluding hydrogens is 324 g/mol. The number of allylic oxidation sites excluding steroid dienone is 2. The van der Waals surface area contributed by atoms with Crippen LogP contribution in [-0.2, 0) is 0 Å². The summed E-state index contributed by atoms with van der Waals surface area (Å²) >= 11 is 0. The van der Waals surface area contributed by atoms with Gasteiger partial charge in [-0.25, -0.2) is 4.98 Å². The minimum absolute atomic E-state index is 0.0787. The van der Waals surface area contributed by atoms with Gasteiger partial charge in [0.05, 0.1) is 15.9 Å². The zero-order chi connectivity index (χ0) is 18.0. The summed E-state index contributed by atoms with van der Waals surface area (Å²) in [6.45, 7) is 2.81. The zero-order valence-electron chi connectivity index (χ0n) is 13.3. The van der Waals surface area contributed by atoms with Gasteiger partial charge < -0.3 is 4.90 Å². The van der Waals surface area contributed by atoms with Crippen molar-refractivity contribution in [2.45, 2.75) is 6.92 Å². The van der Waals surface area contributed by atoms with Crippen LogP contribution in [0.15, 0.2) is 48.8 Å². The predicted molar refractivity (Wildman–Crippen MR) is 94.0 cm³/mol. The van der Waals surface area contributed by atoms with Gasteiger partial charge in [-0.05, 0) is 30.7 Å². The van der Waals surface area contributed by atoms with E-state index in [2.05, 4.69) is 9.88 Å². The summed E-state index contributed by atoms with van der Waals surface area (Å²) < 4.78 is 0. The molecule has 25 heavy (non-hydrogen) atoms. The summed E-state index contributed by atoms with van der Waals surface area (Å²) in [7, 11) is 0. The number of benzene rings is 1. The first-order valence-electron chi connectivity index (χ1n) is 7.56. The molecule has 8 nitrogen and oxygen atoms in total. The molecular formula is C17H14N4O4. The number of rotatable bonds is 4. The van der Waals surface area contributed by atoms with E-state index in [1.165, 1.54) is 0 Å². The molecule has 0 amide bonds. The maximum Gasteiger partial charge on any atom is 0.301 e. The predicted octanol–water partition coefficient (Wildman–Crippen LogP) is 3.79. The van der Waals surface area contributed by atoms with Crippen LogP contribution < -0.4 is 4.90 Å². The van der Waals surface area contributed by atoms with Crippen molar-refractivity contribution in [1.29, 1.82) is 0 Å². The Kier molecular flexibility index (Phi) is 4.25. The Labute approximate surface area is 143 Å². The molecule has 0 atom stereocenters. The molecule has 0 bridgehead atoms. The van der Waals surface area contributed by atoms with Gasteiger partial charge in [-0.1, -0.05) is 18.2 Å². The van der Waals surface area contributed by atoms with E-state index in [9.17, 15) is 20.2 Å². The van der Waals surface area contributed by atoms with Crippen molar-refractivity contribution < 1.29 is 9.85 Å². The Morgan fingerprint density at radius 3 is 2.64 bits per heavy atom. The monoisotopic (exact) mass is 338 g/mol. The van der Waals surface area contributed by atoms with E-state index < -0.39 is 21.2 Å². The van der Waals surface area contributed by atoms with Crippen LogP contribution >= 0.6 is 0 Å². The molecule has 0 unspecified atom stereocenters. The van der Waals surface area contributed by atoms with Gasteiger partial charge in [0.1, 0.15) is 11.9 Å². The first-order chi connectivity index (χ1) is 12.0. The normalized spacial score (nSPS) is 14.4. The number of para-hydroxylation sites is 1. The van der Waals surface area contributed by atoms with E-state index in [1.54, 1.807) is 6.08 Å². The molecule has 0 N–H and O–H groups in total. The zero-order valence-corrected chi connectivity index (χ0v) is 13.3. The van der Waals surface area contributed by atoms with E-state index in [0.29, 0.717) is 0 Å². The third-order valence-corrected chi connectivity index (χ3v) is 3.88. The van der Waals surface area contributed by atoms with Crippen LogP contribution in [-0.4, -0.2) is 21.4 Å². The highest BCUT2D eigenvalue weighted by atomic mass is 16.6. The van der Waals surface area contributed by atoms with Gasteiger partial charge in [-0.15, -0.1) is 0 Å². The second-order valence-corrected chi connectivity index (χ2v) is 5.33. The fourth-order valence-corrected chi connectivity index (χ4v) is 2.67. The van der Waals surface area contributed by atoms with E-state index in [0.717, 1.165) is 35.6 Å². The highest BCUT2D eigenvalue weighted by Crippen LogP contribution is 2.35. The Hall–Kier alpha value is -3.55. The molecule has 1 aromatic carbocycles.